The normalized spacial score (nSPS) is 14.7. The van der Waals surface area contributed by atoms with Crippen LogP contribution in [0.5, 0.6) is 0 Å². The van der Waals surface area contributed by atoms with E-state index in [4.69, 9.17) is 5.73 Å². The highest BCUT2D eigenvalue weighted by Crippen LogP contribution is 2.27. The second-order valence-corrected chi connectivity index (χ2v) is 5.75. The largest absolute Gasteiger partial charge is 0.353 e. The Labute approximate surface area is 100 Å². The van der Waals surface area contributed by atoms with Crippen LogP contribution in [0, 0.1) is 10.8 Å². The van der Waals surface area contributed by atoms with Crippen LogP contribution >= 0.6 is 0 Å². The van der Waals surface area contributed by atoms with Gasteiger partial charge in [-0.15, -0.1) is 0 Å². The molecule has 0 bridgehead atoms. The number of carbonyl (C=O) groups excluding carboxylic acids is 1. The molecule has 0 spiro atoms. The summed E-state index contributed by atoms with van der Waals surface area (Å²) >= 11 is 0. The first kappa shape index (κ1) is 15.4. The molecule has 3 heteroatoms. The van der Waals surface area contributed by atoms with Gasteiger partial charge in [-0.25, -0.2) is 0 Å². The van der Waals surface area contributed by atoms with E-state index >= 15 is 0 Å². The number of carbonyl (C=O) groups is 1. The Morgan fingerprint density at radius 1 is 1.25 bits per heavy atom. The fourth-order valence-electron chi connectivity index (χ4n) is 1.52. The minimum absolute atomic E-state index is 0.0808. The molecular formula is C13H28N2O. The van der Waals surface area contributed by atoms with Crippen molar-refractivity contribution in [1.29, 1.82) is 0 Å². The van der Waals surface area contributed by atoms with Gasteiger partial charge < -0.3 is 11.1 Å². The second kappa shape index (κ2) is 5.67. The van der Waals surface area contributed by atoms with E-state index in [2.05, 4.69) is 26.1 Å². The van der Waals surface area contributed by atoms with Crippen LogP contribution in [0.2, 0.25) is 0 Å². The molecule has 0 fully saturated rings. The van der Waals surface area contributed by atoms with Crippen LogP contribution in [0.1, 0.15) is 54.4 Å². The summed E-state index contributed by atoms with van der Waals surface area (Å²) in [6.07, 6.45) is 1.59. The Balaban J connectivity index is 4.67. The van der Waals surface area contributed by atoms with Crippen molar-refractivity contribution in [2.24, 2.45) is 16.6 Å². The molecule has 96 valence electrons. The SMILES string of the molecule is CCC(CC)(CN)C(=O)NC(C)C(C)(C)C. The van der Waals surface area contributed by atoms with Gasteiger partial charge in [0.25, 0.3) is 0 Å². The first-order chi connectivity index (χ1) is 7.23. The van der Waals surface area contributed by atoms with Crippen molar-refractivity contribution < 1.29 is 4.79 Å². The van der Waals surface area contributed by atoms with E-state index in [0.29, 0.717) is 6.54 Å². The molecule has 3 N–H and O–H groups in total. The van der Waals surface area contributed by atoms with E-state index in [0.717, 1.165) is 12.8 Å². The van der Waals surface area contributed by atoms with Gasteiger partial charge in [-0.1, -0.05) is 34.6 Å². The van der Waals surface area contributed by atoms with E-state index in [1.54, 1.807) is 0 Å². The molecule has 0 radical (unpaired) electrons. The minimum atomic E-state index is -0.389. The monoisotopic (exact) mass is 228 g/mol. The van der Waals surface area contributed by atoms with Crippen LogP contribution in [0.3, 0.4) is 0 Å². The molecule has 0 aromatic rings. The molecule has 0 saturated heterocycles. The lowest BCUT2D eigenvalue weighted by Gasteiger charge is -2.34. The standard InChI is InChI=1S/C13H28N2O/c1-7-13(8-2,9-14)11(16)15-10(3)12(4,5)6/h10H,7-9,14H2,1-6H3,(H,15,16). The predicted molar refractivity (Wildman–Crippen MR) is 69.1 cm³/mol. The van der Waals surface area contributed by atoms with E-state index in [-0.39, 0.29) is 22.8 Å². The van der Waals surface area contributed by atoms with Crippen molar-refractivity contribution in [3.05, 3.63) is 0 Å². The molecule has 0 aromatic heterocycles. The lowest BCUT2D eigenvalue weighted by Crippen LogP contribution is -2.51. The smallest absolute Gasteiger partial charge is 0.227 e. The van der Waals surface area contributed by atoms with Gasteiger partial charge in [0.2, 0.25) is 5.91 Å². The summed E-state index contributed by atoms with van der Waals surface area (Å²) in [6, 6.07) is 0.157. The second-order valence-electron chi connectivity index (χ2n) is 5.75. The zero-order valence-electron chi connectivity index (χ0n) is 11.7. The van der Waals surface area contributed by atoms with Gasteiger partial charge >= 0.3 is 0 Å². The lowest BCUT2D eigenvalue weighted by molar-refractivity contribution is -0.132. The molecule has 0 aromatic carbocycles. The minimum Gasteiger partial charge on any atom is -0.353 e. The number of hydrogen-bond donors (Lipinski definition) is 2. The Morgan fingerprint density at radius 2 is 1.69 bits per heavy atom. The summed E-state index contributed by atoms with van der Waals surface area (Å²) in [5, 5.41) is 3.09. The van der Waals surface area contributed by atoms with Crippen molar-refractivity contribution in [3.63, 3.8) is 0 Å². The quantitative estimate of drug-likeness (QED) is 0.758. The molecule has 0 heterocycles. The van der Waals surface area contributed by atoms with Crippen molar-refractivity contribution in [2.75, 3.05) is 6.54 Å². The summed E-state index contributed by atoms with van der Waals surface area (Å²) in [4.78, 5) is 12.2. The predicted octanol–water partition coefficient (Wildman–Crippen LogP) is 2.30. The Bertz CT molecular complexity index is 218. The maximum Gasteiger partial charge on any atom is 0.227 e. The van der Waals surface area contributed by atoms with Crippen molar-refractivity contribution >= 4 is 5.91 Å². The number of nitrogens with two attached hydrogens (primary N) is 1. The van der Waals surface area contributed by atoms with Crippen LogP contribution in [0.4, 0.5) is 0 Å². The zero-order valence-corrected chi connectivity index (χ0v) is 11.7. The molecule has 1 atom stereocenters. The van der Waals surface area contributed by atoms with Crippen molar-refractivity contribution in [1.82, 2.24) is 5.32 Å². The van der Waals surface area contributed by atoms with Crippen LogP contribution in [0.25, 0.3) is 0 Å². The highest BCUT2D eigenvalue weighted by molar-refractivity contribution is 5.83. The number of amides is 1. The lowest BCUT2D eigenvalue weighted by atomic mass is 9.80. The highest BCUT2D eigenvalue weighted by Gasteiger charge is 2.35. The summed E-state index contributed by atoms with van der Waals surface area (Å²) in [5.41, 5.74) is 5.45. The van der Waals surface area contributed by atoms with Gasteiger partial charge in [-0.2, -0.15) is 0 Å². The number of nitrogens with one attached hydrogen (secondary N) is 1. The van der Waals surface area contributed by atoms with Crippen LogP contribution in [-0.2, 0) is 4.79 Å². The molecule has 0 aliphatic heterocycles. The maximum absolute atomic E-state index is 12.2. The fourth-order valence-corrected chi connectivity index (χ4v) is 1.52. The van der Waals surface area contributed by atoms with Crippen LogP contribution in [0.15, 0.2) is 0 Å². The summed E-state index contributed by atoms with van der Waals surface area (Å²) in [6.45, 7) is 12.9. The molecule has 0 rings (SSSR count). The van der Waals surface area contributed by atoms with Crippen LogP contribution in [-0.4, -0.2) is 18.5 Å². The van der Waals surface area contributed by atoms with Crippen molar-refractivity contribution in [3.8, 4) is 0 Å². The van der Waals surface area contributed by atoms with Gasteiger partial charge in [0, 0.05) is 12.6 Å². The van der Waals surface area contributed by atoms with Gasteiger partial charge in [0.1, 0.15) is 0 Å². The Morgan fingerprint density at radius 3 is 1.94 bits per heavy atom. The van der Waals surface area contributed by atoms with Gasteiger partial charge in [-0.05, 0) is 25.2 Å². The molecule has 0 aliphatic rings. The summed E-state index contributed by atoms with van der Waals surface area (Å²) in [7, 11) is 0. The summed E-state index contributed by atoms with van der Waals surface area (Å²) in [5.74, 6) is 0.0995. The van der Waals surface area contributed by atoms with E-state index in [9.17, 15) is 4.79 Å². The van der Waals surface area contributed by atoms with E-state index < -0.39 is 0 Å². The topological polar surface area (TPSA) is 55.1 Å². The third-order valence-corrected chi connectivity index (χ3v) is 3.87. The molecule has 3 nitrogen and oxygen atoms in total. The molecule has 16 heavy (non-hydrogen) atoms. The Kier molecular flexibility index (Phi) is 5.47. The van der Waals surface area contributed by atoms with E-state index in [1.807, 2.05) is 20.8 Å². The third-order valence-electron chi connectivity index (χ3n) is 3.87. The molecular weight excluding hydrogens is 200 g/mol. The maximum atomic E-state index is 12.2. The average Bonchev–Trinajstić information content (AvgIpc) is 2.19. The van der Waals surface area contributed by atoms with Gasteiger partial charge in [0.05, 0.1) is 5.41 Å². The van der Waals surface area contributed by atoms with Gasteiger partial charge in [-0.3, -0.25) is 4.79 Å². The first-order valence-electron chi connectivity index (χ1n) is 6.24. The van der Waals surface area contributed by atoms with Gasteiger partial charge in [0.15, 0.2) is 0 Å². The zero-order chi connectivity index (χ0) is 13.0. The average molecular weight is 228 g/mol. The van der Waals surface area contributed by atoms with E-state index in [1.165, 1.54) is 0 Å². The molecule has 1 amide bonds. The highest BCUT2D eigenvalue weighted by atomic mass is 16.2. The van der Waals surface area contributed by atoms with Crippen LogP contribution < -0.4 is 11.1 Å². The first-order valence-corrected chi connectivity index (χ1v) is 6.24. The summed E-state index contributed by atoms with van der Waals surface area (Å²) < 4.78 is 0. The molecule has 0 aliphatic carbocycles. The third kappa shape index (κ3) is 3.48. The molecule has 0 saturated carbocycles. The number of hydrogen-bond acceptors (Lipinski definition) is 2. The number of rotatable bonds is 5. The fraction of sp³-hybridized carbons (Fsp3) is 0.923. The Hall–Kier alpha value is -0.570. The van der Waals surface area contributed by atoms with Crippen molar-refractivity contribution in [2.45, 2.75) is 60.4 Å². The molecule has 1 unspecified atom stereocenters.